The lowest BCUT2D eigenvalue weighted by Crippen LogP contribution is -1.96. The summed E-state index contributed by atoms with van der Waals surface area (Å²) in [5, 5.41) is 9.82. The van der Waals surface area contributed by atoms with Crippen molar-refractivity contribution in [1.29, 1.82) is 0 Å². The third kappa shape index (κ3) is 3.75. The molecule has 0 spiro atoms. The molecule has 0 fully saturated rings. The van der Waals surface area contributed by atoms with Crippen LogP contribution in [0.2, 0.25) is 0 Å². The molecule has 52 heavy (non-hydrogen) atoms. The van der Waals surface area contributed by atoms with Crippen LogP contribution < -0.4 is 0 Å². The monoisotopic (exact) mass is 660 g/mol. The van der Waals surface area contributed by atoms with Gasteiger partial charge in [0.1, 0.15) is 0 Å². The topological polar surface area (TPSA) is 35.6 Å². The molecule has 4 aromatic heterocycles. The molecule has 0 atom stereocenters. The summed E-state index contributed by atoms with van der Waals surface area (Å²) in [7, 11) is 0. The highest BCUT2D eigenvalue weighted by atomic mass is 15.0. The molecule has 240 valence electrons. The van der Waals surface area contributed by atoms with Crippen LogP contribution in [-0.4, -0.2) is 19.1 Å². The molecule has 4 heterocycles. The fourth-order valence-corrected chi connectivity index (χ4v) is 8.77. The van der Waals surface area contributed by atoms with Crippen molar-refractivity contribution in [3.8, 4) is 45.0 Å². The molecule has 12 rings (SSSR count). The van der Waals surface area contributed by atoms with Crippen LogP contribution in [-0.2, 0) is 0 Å². The maximum Gasteiger partial charge on any atom is 0.0809 e. The number of hydrogen-bond acceptors (Lipinski definition) is 2. The molecule has 1 aliphatic carbocycles. The molecule has 0 aliphatic heterocycles. The first kappa shape index (κ1) is 27.7. The van der Waals surface area contributed by atoms with Crippen LogP contribution in [0.4, 0.5) is 0 Å². The van der Waals surface area contributed by atoms with Crippen LogP contribution in [0.25, 0.3) is 110 Å². The molecule has 0 unspecified atom stereocenters. The molecule has 0 amide bonds. The number of fused-ring (bicyclic) bond motifs is 10. The average Bonchev–Trinajstić information content (AvgIpc) is 3.83. The maximum absolute atomic E-state index is 5.07. The number of aromatic nitrogens is 4. The van der Waals surface area contributed by atoms with Crippen molar-refractivity contribution in [3.05, 3.63) is 170 Å². The van der Waals surface area contributed by atoms with Crippen LogP contribution in [0, 0.1) is 0 Å². The van der Waals surface area contributed by atoms with Crippen LogP contribution in [0.5, 0.6) is 0 Å². The minimum atomic E-state index is 1.00. The fraction of sp³-hybridized carbons (Fsp3) is 0. The van der Waals surface area contributed by atoms with Gasteiger partial charge in [-0.15, -0.1) is 0 Å². The number of benzene rings is 7. The zero-order valence-corrected chi connectivity index (χ0v) is 28.0. The summed E-state index contributed by atoms with van der Waals surface area (Å²) in [5.74, 6) is 0. The second-order valence-electron chi connectivity index (χ2n) is 13.9. The molecule has 0 bridgehead atoms. The lowest BCUT2D eigenvalue weighted by Gasteiger charge is -2.10. The Morgan fingerprint density at radius 1 is 0.365 bits per heavy atom. The first-order valence-electron chi connectivity index (χ1n) is 17.7. The molecule has 0 saturated heterocycles. The van der Waals surface area contributed by atoms with Gasteiger partial charge in [0.25, 0.3) is 0 Å². The minimum Gasteiger partial charge on any atom is -0.309 e. The van der Waals surface area contributed by atoms with Crippen molar-refractivity contribution >= 4 is 65.2 Å². The highest BCUT2D eigenvalue weighted by molar-refractivity contribution is 6.16. The van der Waals surface area contributed by atoms with Gasteiger partial charge in [0.2, 0.25) is 0 Å². The molecule has 7 aromatic carbocycles. The van der Waals surface area contributed by atoms with Crippen LogP contribution in [0.1, 0.15) is 0 Å². The average molecular weight is 661 g/mol. The van der Waals surface area contributed by atoms with E-state index in [0.717, 1.165) is 44.9 Å². The fourth-order valence-electron chi connectivity index (χ4n) is 8.77. The Morgan fingerprint density at radius 2 is 1.02 bits per heavy atom. The Balaban J connectivity index is 1.05. The maximum atomic E-state index is 5.07. The van der Waals surface area contributed by atoms with Crippen molar-refractivity contribution in [3.63, 3.8) is 0 Å². The number of hydrogen-bond donors (Lipinski definition) is 0. The summed E-state index contributed by atoms with van der Waals surface area (Å²) >= 11 is 0. The van der Waals surface area contributed by atoms with Crippen molar-refractivity contribution in [2.24, 2.45) is 0 Å². The molecular weight excluding hydrogens is 633 g/mol. The lowest BCUT2D eigenvalue weighted by atomic mass is 10.00. The summed E-state index contributed by atoms with van der Waals surface area (Å²) < 4.78 is 4.75. The van der Waals surface area contributed by atoms with E-state index in [4.69, 9.17) is 9.97 Å². The third-order valence-corrected chi connectivity index (χ3v) is 11.1. The Bertz CT molecular complexity index is 3290. The van der Waals surface area contributed by atoms with E-state index in [-0.39, 0.29) is 0 Å². The predicted octanol–water partition coefficient (Wildman–Crippen LogP) is 12.3. The lowest BCUT2D eigenvalue weighted by molar-refractivity contribution is 1.14. The summed E-state index contributed by atoms with van der Waals surface area (Å²) in [6.45, 7) is 0. The zero-order chi connectivity index (χ0) is 33.9. The van der Waals surface area contributed by atoms with Crippen molar-refractivity contribution in [2.75, 3.05) is 0 Å². The quantitative estimate of drug-likeness (QED) is 0.189. The van der Waals surface area contributed by atoms with Crippen molar-refractivity contribution in [1.82, 2.24) is 19.1 Å². The van der Waals surface area contributed by atoms with E-state index >= 15 is 0 Å². The molecular formula is C48H28N4. The standard InChI is InChI=1S/C48H28N4/c1-2-12-34(13-3-1)51-44-20-18-33(25-39(44)40-23-30-9-4-5-10-31(30)26-45(40)51)32-17-19-43-38(24-32)36-14-6-7-16-42(36)52(43)35-27-41-47(50-28-35)37-15-8-11-29-21-22-49-48(41)46(29)37/h1-28H. The van der Waals surface area contributed by atoms with E-state index in [0.29, 0.717) is 0 Å². The molecule has 1 aliphatic rings. The normalized spacial score (nSPS) is 12.2. The van der Waals surface area contributed by atoms with E-state index in [1.54, 1.807) is 0 Å². The summed E-state index contributed by atoms with van der Waals surface area (Å²) in [6.07, 6.45) is 3.92. The van der Waals surface area contributed by atoms with Gasteiger partial charge in [-0.1, -0.05) is 91.0 Å². The zero-order valence-electron chi connectivity index (χ0n) is 28.0. The Morgan fingerprint density at radius 3 is 1.85 bits per heavy atom. The van der Waals surface area contributed by atoms with E-state index in [2.05, 4.69) is 167 Å². The van der Waals surface area contributed by atoms with Gasteiger partial charge in [-0.05, 0) is 94.0 Å². The van der Waals surface area contributed by atoms with Crippen LogP contribution in [0.3, 0.4) is 0 Å². The van der Waals surface area contributed by atoms with E-state index in [9.17, 15) is 0 Å². The summed E-state index contributed by atoms with van der Waals surface area (Å²) in [6, 6.07) is 57.4. The number of rotatable bonds is 3. The predicted molar refractivity (Wildman–Crippen MR) is 216 cm³/mol. The van der Waals surface area contributed by atoms with E-state index < -0.39 is 0 Å². The van der Waals surface area contributed by atoms with Gasteiger partial charge in [0, 0.05) is 49.9 Å². The minimum absolute atomic E-state index is 1.00. The summed E-state index contributed by atoms with van der Waals surface area (Å²) in [4.78, 5) is 9.90. The van der Waals surface area contributed by atoms with Gasteiger partial charge in [0.15, 0.2) is 0 Å². The van der Waals surface area contributed by atoms with Gasteiger partial charge < -0.3 is 9.13 Å². The summed E-state index contributed by atoms with van der Waals surface area (Å²) in [5.41, 5.74) is 13.6. The smallest absolute Gasteiger partial charge is 0.0809 e. The van der Waals surface area contributed by atoms with Gasteiger partial charge in [-0.25, -0.2) is 0 Å². The van der Waals surface area contributed by atoms with Crippen molar-refractivity contribution < 1.29 is 0 Å². The molecule has 4 nitrogen and oxygen atoms in total. The molecule has 11 aromatic rings. The first-order valence-corrected chi connectivity index (χ1v) is 17.7. The van der Waals surface area contributed by atoms with E-state index in [1.807, 2.05) is 12.4 Å². The Kier molecular flexibility index (Phi) is 5.47. The first-order chi connectivity index (χ1) is 25.8. The number of nitrogens with zero attached hydrogens (tertiary/aromatic N) is 4. The highest BCUT2D eigenvalue weighted by Crippen LogP contribution is 2.46. The second kappa shape index (κ2) is 10.3. The Hall–Kier alpha value is -7.04. The molecule has 0 N–H and O–H groups in total. The van der Waals surface area contributed by atoms with Gasteiger partial charge in [0.05, 0.1) is 45.3 Å². The molecule has 4 heteroatoms. The second-order valence-corrected chi connectivity index (χ2v) is 13.9. The van der Waals surface area contributed by atoms with Crippen LogP contribution >= 0.6 is 0 Å². The van der Waals surface area contributed by atoms with Crippen molar-refractivity contribution in [2.45, 2.75) is 0 Å². The van der Waals surface area contributed by atoms with Gasteiger partial charge in [-0.3, -0.25) is 9.97 Å². The highest BCUT2D eigenvalue weighted by Gasteiger charge is 2.25. The number of pyridine rings is 2. The molecule has 0 radical (unpaired) electrons. The Labute approximate surface area is 298 Å². The van der Waals surface area contributed by atoms with Gasteiger partial charge >= 0.3 is 0 Å². The third-order valence-electron chi connectivity index (χ3n) is 11.1. The number of para-hydroxylation sites is 2. The largest absolute Gasteiger partial charge is 0.309 e. The van der Waals surface area contributed by atoms with Crippen LogP contribution in [0.15, 0.2) is 170 Å². The van der Waals surface area contributed by atoms with E-state index in [1.165, 1.54) is 65.3 Å². The molecule has 0 saturated carbocycles. The SMILES string of the molecule is c1ccc(-n2c3ccc(-c4ccc5c(c4)c4ccccc4n5-c4cnc5c(c4)-c4nccc6cccc-5c46)cc3c3cc4ccccc4cc32)cc1. The van der Waals surface area contributed by atoms with Gasteiger partial charge in [-0.2, -0.15) is 0 Å².